The number of carbonyl (C=O) groups is 1. The Morgan fingerprint density at radius 2 is 2.05 bits per heavy atom. The fourth-order valence-electron chi connectivity index (χ4n) is 5.15. The molecule has 8 nitrogen and oxygen atoms in total. The van der Waals surface area contributed by atoms with Crippen LogP contribution in [0.3, 0.4) is 0 Å². The summed E-state index contributed by atoms with van der Waals surface area (Å²) < 4.78 is 38.6. The molecule has 0 unspecified atom stereocenters. The van der Waals surface area contributed by atoms with Crippen LogP contribution in [0.15, 0.2) is 47.5 Å². The molecule has 5 rings (SSSR count). The average molecular weight is 521 g/mol. The van der Waals surface area contributed by atoms with Gasteiger partial charge >= 0.3 is 12.6 Å². The summed E-state index contributed by atoms with van der Waals surface area (Å²) in [6.07, 6.45) is 4.57. The topological polar surface area (TPSA) is 99.7 Å². The van der Waals surface area contributed by atoms with Crippen molar-refractivity contribution in [1.82, 2.24) is 9.66 Å². The van der Waals surface area contributed by atoms with E-state index in [2.05, 4.69) is 35.7 Å². The predicted octanol–water partition coefficient (Wildman–Crippen LogP) is 4.24. The van der Waals surface area contributed by atoms with Crippen molar-refractivity contribution in [2.45, 2.75) is 51.8 Å². The van der Waals surface area contributed by atoms with E-state index in [1.807, 2.05) is 0 Å². The molecule has 1 fully saturated rings. The summed E-state index contributed by atoms with van der Waals surface area (Å²) in [7, 11) is 0. The number of hydrogen-bond acceptors (Lipinski definition) is 7. The van der Waals surface area contributed by atoms with Crippen molar-refractivity contribution in [2.24, 2.45) is 0 Å². The summed E-state index contributed by atoms with van der Waals surface area (Å²) in [6, 6.07) is 7.72. The number of carbonyl (C=O) groups excluding carboxylic acids is 1. The maximum absolute atomic E-state index is 13.4. The van der Waals surface area contributed by atoms with Crippen LogP contribution in [-0.2, 0) is 4.74 Å². The molecule has 2 aliphatic heterocycles. The number of nitrogens with zero attached hydrogens (tertiary/aromatic N) is 3. The molecule has 2 aliphatic rings. The zero-order valence-electron chi connectivity index (χ0n) is 21.1. The number of fused-ring (bicyclic) bond motifs is 6. The van der Waals surface area contributed by atoms with Crippen LogP contribution in [0.4, 0.5) is 14.6 Å². The first-order valence-electron chi connectivity index (χ1n) is 12.2. The third-order valence-corrected chi connectivity index (χ3v) is 6.83. The molecule has 4 heterocycles. The molecule has 10 heteroatoms. The van der Waals surface area contributed by atoms with Gasteiger partial charge in [-0.15, -0.1) is 0 Å². The number of aromatic nitrogens is 2. The minimum atomic E-state index is -3.08. The zero-order chi connectivity index (χ0) is 27.2. The SMILES string of the molecule is CCOC(=O)c1cn2c(cc1=O)-c1cc(OC(F)F)c(C#Cc3ccc(N)nc3)cc1[C@H]1CCC(C)(C)N12. The Labute approximate surface area is 218 Å². The quantitative estimate of drug-likeness (QED) is 0.406. The van der Waals surface area contributed by atoms with Gasteiger partial charge in [0.2, 0.25) is 0 Å². The number of nitrogens with two attached hydrogens (primary N) is 1. The number of halogens is 2. The Balaban J connectivity index is 1.72. The maximum atomic E-state index is 13.4. The van der Waals surface area contributed by atoms with Gasteiger partial charge in [0.15, 0.2) is 5.43 Å². The minimum Gasteiger partial charge on any atom is -0.462 e. The summed E-state index contributed by atoms with van der Waals surface area (Å²) in [4.78, 5) is 29.5. The van der Waals surface area contributed by atoms with Crippen molar-refractivity contribution in [1.29, 1.82) is 0 Å². The van der Waals surface area contributed by atoms with Crippen LogP contribution in [-0.4, -0.2) is 34.4 Å². The summed E-state index contributed by atoms with van der Waals surface area (Å²) >= 11 is 0. The van der Waals surface area contributed by atoms with Crippen LogP contribution >= 0.6 is 0 Å². The van der Waals surface area contributed by atoms with Gasteiger partial charge < -0.3 is 15.2 Å². The van der Waals surface area contributed by atoms with E-state index in [0.29, 0.717) is 22.6 Å². The van der Waals surface area contributed by atoms with Gasteiger partial charge in [0.1, 0.15) is 17.1 Å². The zero-order valence-corrected chi connectivity index (χ0v) is 21.1. The summed E-state index contributed by atoms with van der Waals surface area (Å²) in [5, 5.41) is 2.11. The van der Waals surface area contributed by atoms with Crippen LogP contribution in [0.5, 0.6) is 5.75 Å². The molecule has 0 radical (unpaired) electrons. The van der Waals surface area contributed by atoms with E-state index >= 15 is 0 Å². The molecule has 0 aliphatic carbocycles. The molecule has 0 spiro atoms. The number of benzene rings is 1. The predicted molar refractivity (Wildman–Crippen MR) is 138 cm³/mol. The Kier molecular flexibility index (Phi) is 6.31. The molecule has 0 bridgehead atoms. The van der Waals surface area contributed by atoms with Crippen LogP contribution in [0.25, 0.3) is 11.3 Å². The van der Waals surface area contributed by atoms with E-state index < -0.39 is 18.0 Å². The number of esters is 1. The molecule has 196 valence electrons. The van der Waals surface area contributed by atoms with Crippen molar-refractivity contribution in [3.63, 3.8) is 0 Å². The second-order valence-corrected chi connectivity index (χ2v) is 9.75. The highest BCUT2D eigenvalue weighted by atomic mass is 19.3. The molecule has 0 amide bonds. The van der Waals surface area contributed by atoms with E-state index in [1.165, 1.54) is 24.5 Å². The first kappa shape index (κ1) is 25.3. The second-order valence-electron chi connectivity index (χ2n) is 9.75. The van der Waals surface area contributed by atoms with E-state index in [9.17, 15) is 18.4 Å². The monoisotopic (exact) mass is 520 g/mol. The highest BCUT2D eigenvalue weighted by molar-refractivity contribution is 5.89. The van der Waals surface area contributed by atoms with Crippen molar-refractivity contribution >= 4 is 11.8 Å². The van der Waals surface area contributed by atoms with E-state index in [-0.39, 0.29) is 35.1 Å². The van der Waals surface area contributed by atoms with Gasteiger partial charge in [0.25, 0.3) is 0 Å². The van der Waals surface area contributed by atoms with E-state index in [0.717, 1.165) is 18.4 Å². The summed E-state index contributed by atoms with van der Waals surface area (Å²) in [6.45, 7) is 2.87. The van der Waals surface area contributed by atoms with Gasteiger partial charge in [-0.1, -0.05) is 11.8 Å². The summed E-state index contributed by atoms with van der Waals surface area (Å²) in [5.74, 6) is 5.39. The minimum absolute atomic E-state index is 0.0934. The smallest absolute Gasteiger partial charge is 0.387 e. The fraction of sp³-hybridized carbons (Fsp3) is 0.321. The molecule has 0 saturated carbocycles. The van der Waals surface area contributed by atoms with Crippen molar-refractivity contribution in [3.8, 4) is 28.8 Å². The number of ether oxygens (including phenoxy) is 2. The molecular formula is C28H26F2N4O4. The molecule has 38 heavy (non-hydrogen) atoms. The van der Waals surface area contributed by atoms with E-state index in [4.69, 9.17) is 15.2 Å². The van der Waals surface area contributed by atoms with Crippen LogP contribution in [0.2, 0.25) is 0 Å². The number of pyridine rings is 2. The summed E-state index contributed by atoms with van der Waals surface area (Å²) in [5.41, 5.74) is 7.40. The lowest BCUT2D eigenvalue weighted by molar-refractivity contribution is -0.0500. The Morgan fingerprint density at radius 1 is 1.26 bits per heavy atom. The number of alkyl halides is 2. The first-order chi connectivity index (χ1) is 18.1. The molecule has 1 saturated heterocycles. The highest BCUT2D eigenvalue weighted by Gasteiger charge is 2.45. The Morgan fingerprint density at radius 3 is 2.74 bits per heavy atom. The lowest BCUT2D eigenvalue weighted by Gasteiger charge is -2.44. The van der Waals surface area contributed by atoms with Gasteiger partial charge in [-0.3, -0.25) is 14.5 Å². The maximum Gasteiger partial charge on any atom is 0.387 e. The van der Waals surface area contributed by atoms with Gasteiger partial charge in [-0.05, 0) is 63.4 Å². The number of rotatable bonds is 4. The van der Waals surface area contributed by atoms with Gasteiger partial charge in [0.05, 0.1) is 29.4 Å². The fourth-order valence-corrected chi connectivity index (χ4v) is 5.15. The Hall–Kier alpha value is -4.39. The Bertz CT molecular complexity index is 1540. The molecular weight excluding hydrogens is 494 g/mol. The van der Waals surface area contributed by atoms with Gasteiger partial charge in [-0.2, -0.15) is 8.78 Å². The van der Waals surface area contributed by atoms with Gasteiger partial charge in [0, 0.05) is 29.6 Å². The third-order valence-electron chi connectivity index (χ3n) is 6.83. The third kappa shape index (κ3) is 4.45. The van der Waals surface area contributed by atoms with Crippen LogP contribution < -0.4 is 20.9 Å². The normalized spacial score (nSPS) is 16.7. The molecule has 1 atom stereocenters. The molecule has 2 N–H and O–H groups in total. The second kappa shape index (κ2) is 9.49. The molecule has 2 aromatic heterocycles. The lowest BCUT2D eigenvalue weighted by atomic mass is 9.91. The number of nitrogen functional groups attached to an aromatic ring is 1. The standard InChI is InChI=1S/C28H26F2N4O4/c1-4-37-26(36)20-15-33-22(13-23(20)35)19-12-24(38-27(29)30)17(7-5-16-6-8-25(31)32-14-16)11-18(19)21-9-10-28(2,3)34(21)33/h6,8,11-15,21,27H,4,9-10H2,1-3H3,(H2,31,32)/t21-/m1/s1. The van der Waals surface area contributed by atoms with E-state index in [1.54, 1.807) is 29.8 Å². The highest BCUT2D eigenvalue weighted by Crippen LogP contribution is 2.49. The number of hydrogen-bond donors (Lipinski definition) is 1. The lowest BCUT2D eigenvalue weighted by Crippen LogP contribution is -2.50. The number of anilines is 1. The van der Waals surface area contributed by atoms with Crippen molar-refractivity contribution in [3.05, 3.63) is 75.2 Å². The van der Waals surface area contributed by atoms with Crippen LogP contribution in [0.1, 0.15) is 66.7 Å². The average Bonchev–Trinajstić information content (AvgIpc) is 3.18. The first-order valence-corrected chi connectivity index (χ1v) is 12.2. The molecule has 1 aromatic carbocycles. The van der Waals surface area contributed by atoms with Gasteiger partial charge in [-0.25, -0.2) is 9.78 Å². The largest absolute Gasteiger partial charge is 0.462 e. The van der Waals surface area contributed by atoms with Crippen LogP contribution in [0, 0.1) is 11.8 Å². The van der Waals surface area contributed by atoms with Crippen molar-refractivity contribution < 1.29 is 23.0 Å². The van der Waals surface area contributed by atoms with Crippen molar-refractivity contribution in [2.75, 3.05) is 17.3 Å². The molecule has 3 aromatic rings.